The van der Waals surface area contributed by atoms with E-state index in [1.165, 1.54) is 0 Å². The van der Waals surface area contributed by atoms with Crippen LogP contribution in [-0.2, 0) is 9.53 Å². The number of carbonyl (C=O) groups is 1. The second-order valence-electron chi connectivity index (χ2n) is 3.19. The zero-order valence-electron chi connectivity index (χ0n) is 8.58. The Bertz CT molecular complexity index is 134. The number of aliphatic hydroxyl groups is 1. The van der Waals surface area contributed by atoms with Gasteiger partial charge in [-0.05, 0) is 6.42 Å². The minimum absolute atomic E-state index is 0.149. The molecule has 0 aliphatic carbocycles. The van der Waals surface area contributed by atoms with Gasteiger partial charge in [0.25, 0.3) is 0 Å². The van der Waals surface area contributed by atoms with Gasteiger partial charge in [0.2, 0.25) is 0 Å². The van der Waals surface area contributed by atoms with Crippen LogP contribution in [0.4, 0.5) is 0 Å². The number of ether oxygens (including phenoxy) is 1. The van der Waals surface area contributed by atoms with Gasteiger partial charge in [-0.25, -0.2) is 0 Å². The first kappa shape index (κ1) is 12.4. The van der Waals surface area contributed by atoms with E-state index in [9.17, 15) is 9.90 Å². The Morgan fingerprint density at radius 3 is 2.62 bits per heavy atom. The third-order valence-corrected chi connectivity index (χ3v) is 1.87. The number of rotatable bonds is 7. The first-order chi connectivity index (χ1) is 6.20. The largest absolute Gasteiger partial charge is 0.463 e. The van der Waals surface area contributed by atoms with E-state index in [-0.39, 0.29) is 12.6 Å². The third-order valence-electron chi connectivity index (χ3n) is 1.87. The summed E-state index contributed by atoms with van der Waals surface area (Å²) in [6.07, 6.45) is 3.88. The lowest BCUT2D eigenvalue weighted by Crippen LogP contribution is -2.17. The molecular formula is C10H20O3. The van der Waals surface area contributed by atoms with E-state index in [1.54, 1.807) is 6.92 Å². The van der Waals surface area contributed by atoms with Gasteiger partial charge in [0.05, 0.1) is 6.10 Å². The van der Waals surface area contributed by atoms with Crippen LogP contribution in [0.5, 0.6) is 0 Å². The summed E-state index contributed by atoms with van der Waals surface area (Å²) < 4.78 is 4.79. The molecule has 0 unspecified atom stereocenters. The minimum atomic E-state index is -0.484. The molecule has 0 fully saturated rings. The fraction of sp³-hybridized carbons (Fsp3) is 0.900. The van der Waals surface area contributed by atoms with E-state index < -0.39 is 6.10 Å². The van der Waals surface area contributed by atoms with Crippen LogP contribution in [0, 0.1) is 0 Å². The van der Waals surface area contributed by atoms with Gasteiger partial charge in [0.15, 0.2) is 0 Å². The van der Waals surface area contributed by atoms with Gasteiger partial charge in [-0.3, -0.25) is 4.79 Å². The summed E-state index contributed by atoms with van der Waals surface area (Å²) >= 11 is 0. The average molecular weight is 188 g/mol. The Morgan fingerprint density at radius 2 is 2.08 bits per heavy atom. The molecule has 1 atom stereocenters. The molecule has 13 heavy (non-hydrogen) atoms. The fourth-order valence-corrected chi connectivity index (χ4v) is 1.00. The molecule has 0 radical (unpaired) electrons. The monoisotopic (exact) mass is 188 g/mol. The SMILES string of the molecule is CCCCC[C@H](O)COC(=O)CC. The molecule has 0 aliphatic heterocycles. The highest BCUT2D eigenvalue weighted by atomic mass is 16.5. The normalized spacial score (nSPS) is 12.5. The van der Waals surface area contributed by atoms with Crippen molar-refractivity contribution in [3.8, 4) is 0 Å². The van der Waals surface area contributed by atoms with Crippen molar-refractivity contribution in [2.24, 2.45) is 0 Å². The molecule has 0 aromatic heterocycles. The molecule has 0 aromatic carbocycles. The number of carbonyl (C=O) groups excluding carboxylic acids is 1. The molecule has 3 heteroatoms. The molecule has 0 bridgehead atoms. The summed E-state index contributed by atoms with van der Waals surface area (Å²) in [4.78, 5) is 10.7. The number of unbranched alkanes of at least 4 members (excludes halogenated alkanes) is 2. The molecule has 78 valence electrons. The maximum atomic E-state index is 10.7. The molecule has 0 spiro atoms. The molecule has 0 heterocycles. The van der Waals surface area contributed by atoms with Crippen molar-refractivity contribution in [3.05, 3.63) is 0 Å². The lowest BCUT2D eigenvalue weighted by molar-refractivity contribution is -0.146. The molecule has 1 N–H and O–H groups in total. The highest BCUT2D eigenvalue weighted by molar-refractivity contribution is 5.68. The molecular weight excluding hydrogens is 168 g/mol. The fourth-order valence-electron chi connectivity index (χ4n) is 1.00. The van der Waals surface area contributed by atoms with Crippen LogP contribution in [0.15, 0.2) is 0 Å². The second-order valence-corrected chi connectivity index (χ2v) is 3.19. The van der Waals surface area contributed by atoms with Gasteiger partial charge in [0, 0.05) is 6.42 Å². The van der Waals surface area contributed by atoms with Crippen LogP contribution in [0.3, 0.4) is 0 Å². The van der Waals surface area contributed by atoms with Crippen molar-refractivity contribution in [3.63, 3.8) is 0 Å². The molecule has 0 aliphatic rings. The van der Waals surface area contributed by atoms with Crippen molar-refractivity contribution in [1.29, 1.82) is 0 Å². The van der Waals surface area contributed by atoms with Crippen molar-refractivity contribution in [1.82, 2.24) is 0 Å². The Balaban J connectivity index is 3.29. The number of hydrogen-bond donors (Lipinski definition) is 1. The van der Waals surface area contributed by atoms with E-state index in [0.29, 0.717) is 6.42 Å². The summed E-state index contributed by atoms with van der Waals surface area (Å²) in [5, 5.41) is 9.34. The summed E-state index contributed by atoms with van der Waals surface area (Å²) in [7, 11) is 0. The first-order valence-electron chi connectivity index (χ1n) is 5.04. The number of hydrogen-bond acceptors (Lipinski definition) is 3. The van der Waals surface area contributed by atoms with E-state index in [0.717, 1.165) is 25.7 Å². The number of esters is 1. The maximum Gasteiger partial charge on any atom is 0.305 e. The third kappa shape index (κ3) is 7.78. The predicted octanol–water partition coefficient (Wildman–Crippen LogP) is 1.88. The van der Waals surface area contributed by atoms with Crippen LogP contribution >= 0.6 is 0 Å². The van der Waals surface area contributed by atoms with E-state index >= 15 is 0 Å². The lowest BCUT2D eigenvalue weighted by atomic mass is 10.1. The molecule has 3 nitrogen and oxygen atoms in total. The van der Waals surface area contributed by atoms with Gasteiger partial charge in [-0.2, -0.15) is 0 Å². The summed E-state index contributed by atoms with van der Waals surface area (Å²) in [6, 6.07) is 0. The second kappa shape index (κ2) is 8.05. The van der Waals surface area contributed by atoms with Crippen LogP contribution in [0.1, 0.15) is 46.0 Å². The van der Waals surface area contributed by atoms with Crippen molar-refractivity contribution in [2.75, 3.05) is 6.61 Å². The Morgan fingerprint density at radius 1 is 1.38 bits per heavy atom. The molecule has 0 saturated carbocycles. The Kier molecular flexibility index (Phi) is 7.69. The van der Waals surface area contributed by atoms with Crippen LogP contribution < -0.4 is 0 Å². The quantitative estimate of drug-likeness (QED) is 0.490. The highest BCUT2D eigenvalue weighted by Crippen LogP contribution is 2.03. The van der Waals surface area contributed by atoms with E-state index in [2.05, 4.69) is 6.92 Å². The van der Waals surface area contributed by atoms with E-state index in [1.807, 2.05) is 0 Å². The Hall–Kier alpha value is -0.570. The number of aliphatic hydroxyl groups excluding tert-OH is 1. The molecule has 0 aromatic rings. The van der Waals surface area contributed by atoms with Crippen LogP contribution in [0.2, 0.25) is 0 Å². The van der Waals surface area contributed by atoms with Gasteiger partial charge in [-0.1, -0.05) is 33.1 Å². The summed E-state index contributed by atoms with van der Waals surface area (Å²) in [5.41, 5.74) is 0. The molecule has 0 amide bonds. The van der Waals surface area contributed by atoms with Crippen LogP contribution in [0.25, 0.3) is 0 Å². The van der Waals surface area contributed by atoms with Crippen LogP contribution in [-0.4, -0.2) is 23.8 Å². The molecule has 0 rings (SSSR count). The van der Waals surface area contributed by atoms with Gasteiger partial charge in [0.1, 0.15) is 6.61 Å². The van der Waals surface area contributed by atoms with Gasteiger partial charge in [-0.15, -0.1) is 0 Å². The maximum absolute atomic E-state index is 10.7. The lowest BCUT2D eigenvalue weighted by Gasteiger charge is -2.10. The summed E-state index contributed by atoms with van der Waals surface area (Å²) in [5.74, 6) is -0.241. The smallest absolute Gasteiger partial charge is 0.305 e. The topological polar surface area (TPSA) is 46.5 Å². The first-order valence-corrected chi connectivity index (χ1v) is 5.04. The zero-order chi connectivity index (χ0) is 10.1. The van der Waals surface area contributed by atoms with Gasteiger partial charge >= 0.3 is 5.97 Å². The predicted molar refractivity (Wildman–Crippen MR) is 51.4 cm³/mol. The standard InChI is InChI=1S/C10H20O3/c1-3-5-6-7-9(11)8-13-10(12)4-2/h9,11H,3-8H2,1-2H3/t9-/m0/s1. The average Bonchev–Trinajstić information content (AvgIpc) is 2.14. The van der Waals surface area contributed by atoms with Crippen molar-refractivity contribution in [2.45, 2.75) is 52.1 Å². The minimum Gasteiger partial charge on any atom is -0.463 e. The summed E-state index contributed by atoms with van der Waals surface area (Å²) in [6.45, 7) is 4.01. The molecule has 0 saturated heterocycles. The van der Waals surface area contributed by atoms with Gasteiger partial charge < -0.3 is 9.84 Å². The van der Waals surface area contributed by atoms with E-state index in [4.69, 9.17) is 4.74 Å². The highest BCUT2D eigenvalue weighted by Gasteiger charge is 2.06. The van der Waals surface area contributed by atoms with Crippen molar-refractivity contribution >= 4 is 5.97 Å². The van der Waals surface area contributed by atoms with Crippen molar-refractivity contribution < 1.29 is 14.6 Å². The zero-order valence-corrected chi connectivity index (χ0v) is 8.58. The Labute approximate surface area is 80.1 Å².